The third kappa shape index (κ3) is 6.25. The highest BCUT2D eigenvalue weighted by Crippen LogP contribution is 2.26. The Morgan fingerprint density at radius 2 is 1.70 bits per heavy atom. The van der Waals surface area contributed by atoms with E-state index in [1.807, 2.05) is 41.3 Å². The Kier molecular flexibility index (Phi) is 7.65. The first kappa shape index (κ1) is 25.2. The number of aromatic amines is 1. The fourth-order valence-corrected chi connectivity index (χ4v) is 4.80. The molecule has 0 amide bonds. The molecule has 0 spiro atoms. The van der Waals surface area contributed by atoms with Crippen molar-refractivity contribution in [2.24, 2.45) is 0 Å². The predicted octanol–water partition coefficient (Wildman–Crippen LogP) is 2.69. The van der Waals surface area contributed by atoms with E-state index in [4.69, 9.17) is 4.74 Å². The van der Waals surface area contributed by atoms with Gasteiger partial charge in [-0.2, -0.15) is 0 Å². The molecule has 7 nitrogen and oxygen atoms in total. The lowest BCUT2D eigenvalue weighted by Gasteiger charge is -2.38. The van der Waals surface area contributed by atoms with Gasteiger partial charge in [0.15, 0.2) is 0 Å². The van der Waals surface area contributed by atoms with E-state index < -0.39 is 11.7 Å². The topological polar surface area (TPSA) is 81.7 Å². The maximum atomic E-state index is 13.4. The second kappa shape index (κ2) is 11.3. The second-order valence-electron chi connectivity index (χ2n) is 9.86. The summed E-state index contributed by atoms with van der Waals surface area (Å²) >= 11 is 0. The minimum atomic E-state index is -0.794. The van der Waals surface area contributed by atoms with Gasteiger partial charge in [0.05, 0.1) is 18.1 Å². The zero-order valence-electron chi connectivity index (χ0n) is 20.9. The number of aromatic nitrogens is 2. The summed E-state index contributed by atoms with van der Waals surface area (Å²) in [5, 5.41) is 10.2. The lowest BCUT2D eigenvalue weighted by Crippen LogP contribution is -2.50. The number of hydrogen-bond acceptors (Lipinski definition) is 6. The quantitative estimate of drug-likeness (QED) is 0.461. The van der Waals surface area contributed by atoms with Crippen LogP contribution in [0.25, 0.3) is 0 Å². The van der Waals surface area contributed by atoms with Crippen LogP contribution in [-0.2, 0) is 17.7 Å². The van der Waals surface area contributed by atoms with Crippen LogP contribution in [0.5, 0.6) is 5.75 Å². The van der Waals surface area contributed by atoms with Crippen molar-refractivity contribution in [3.05, 3.63) is 93.2 Å². The summed E-state index contributed by atoms with van der Waals surface area (Å²) in [6.07, 6.45) is 1.24. The van der Waals surface area contributed by atoms with Gasteiger partial charge in [-0.3, -0.25) is 14.6 Å². The van der Waals surface area contributed by atoms with E-state index >= 15 is 0 Å². The minimum absolute atomic E-state index is 0.0483. The summed E-state index contributed by atoms with van der Waals surface area (Å²) in [6.45, 7) is 4.30. The van der Waals surface area contributed by atoms with Crippen molar-refractivity contribution in [1.29, 1.82) is 0 Å². The van der Waals surface area contributed by atoms with E-state index in [0.29, 0.717) is 37.9 Å². The van der Waals surface area contributed by atoms with E-state index in [-0.39, 0.29) is 11.7 Å². The van der Waals surface area contributed by atoms with Crippen LogP contribution in [-0.4, -0.2) is 77.0 Å². The average Bonchev–Trinajstić information content (AvgIpc) is 2.87. The maximum absolute atomic E-state index is 13.4. The monoisotopic (exact) mass is 502 g/mol. The molecular weight excluding hydrogens is 471 g/mol. The highest BCUT2D eigenvalue weighted by atomic mass is 19.1. The SMILES string of the molecule is COC1CN(Cc2ccc(C#Cc3ccc(C(Cc4nc[nH]c(=O)c4O)CN4CC(F)C4)cc3)cc2)C1. The molecule has 0 aliphatic carbocycles. The Morgan fingerprint density at radius 3 is 2.32 bits per heavy atom. The van der Waals surface area contributed by atoms with Gasteiger partial charge in [0.2, 0.25) is 5.75 Å². The van der Waals surface area contributed by atoms with E-state index in [1.54, 1.807) is 7.11 Å². The van der Waals surface area contributed by atoms with Crippen LogP contribution in [0.1, 0.15) is 33.9 Å². The number of H-pyrrole nitrogens is 1. The van der Waals surface area contributed by atoms with Crippen LogP contribution >= 0.6 is 0 Å². The zero-order chi connectivity index (χ0) is 25.8. The van der Waals surface area contributed by atoms with Gasteiger partial charge >= 0.3 is 0 Å². The number of halogens is 1. The van der Waals surface area contributed by atoms with Crippen LogP contribution in [0.4, 0.5) is 4.39 Å². The first-order chi connectivity index (χ1) is 18.0. The zero-order valence-corrected chi connectivity index (χ0v) is 20.9. The van der Waals surface area contributed by atoms with E-state index in [0.717, 1.165) is 36.3 Å². The molecule has 37 heavy (non-hydrogen) atoms. The summed E-state index contributed by atoms with van der Waals surface area (Å²) in [5.41, 5.74) is 3.92. The molecule has 0 bridgehead atoms. The van der Waals surface area contributed by atoms with Gasteiger partial charge < -0.3 is 14.8 Å². The van der Waals surface area contributed by atoms with Crippen LogP contribution in [0.15, 0.2) is 59.7 Å². The molecule has 1 atom stereocenters. The minimum Gasteiger partial charge on any atom is -0.502 e. The maximum Gasteiger partial charge on any atom is 0.293 e. The van der Waals surface area contributed by atoms with Crippen molar-refractivity contribution < 1.29 is 14.2 Å². The van der Waals surface area contributed by atoms with E-state index in [1.165, 1.54) is 11.9 Å². The molecule has 8 heteroatoms. The first-order valence-electron chi connectivity index (χ1n) is 12.5. The van der Waals surface area contributed by atoms with Gasteiger partial charge in [0.25, 0.3) is 5.56 Å². The molecule has 2 aliphatic heterocycles. The second-order valence-corrected chi connectivity index (χ2v) is 9.86. The van der Waals surface area contributed by atoms with Crippen molar-refractivity contribution >= 4 is 0 Å². The molecule has 2 fully saturated rings. The Hall–Kier alpha value is -3.51. The van der Waals surface area contributed by atoms with Gasteiger partial charge in [0, 0.05) is 69.8 Å². The van der Waals surface area contributed by atoms with E-state index in [2.05, 4.69) is 38.8 Å². The van der Waals surface area contributed by atoms with Crippen LogP contribution in [0.2, 0.25) is 0 Å². The molecule has 2 aromatic carbocycles. The lowest BCUT2D eigenvalue weighted by molar-refractivity contribution is -0.0333. The molecule has 3 heterocycles. The molecule has 192 valence electrons. The summed E-state index contributed by atoms with van der Waals surface area (Å²) in [6, 6.07) is 16.3. The third-order valence-electron chi connectivity index (χ3n) is 7.09. The van der Waals surface area contributed by atoms with Crippen molar-refractivity contribution in [3.8, 4) is 17.6 Å². The number of benzene rings is 2. The fourth-order valence-electron chi connectivity index (χ4n) is 4.80. The summed E-state index contributed by atoms with van der Waals surface area (Å²) in [4.78, 5) is 22.7. The number of ether oxygens (including phenoxy) is 1. The Balaban J connectivity index is 1.24. The molecule has 2 saturated heterocycles. The van der Waals surface area contributed by atoms with Crippen LogP contribution in [0.3, 0.4) is 0 Å². The standard InChI is InChI=1S/C29H31FN4O3/c1-37-26-17-33(18-26)13-22-6-4-20(5-7-22)2-3-21-8-10-23(11-9-21)24(14-34-15-25(30)16-34)12-27-28(35)29(36)32-19-31-27/h4-11,19,24-26,35H,12-18H2,1H3,(H,31,32,36). The molecule has 0 saturated carbocycles. The average molecular weight is 503 g/mol. The van der Waals surface area contributed by atoms with Crippen molar-refractivity contribution in [3.63, 3.8) is 0 Å². The molecule has 1 unspecified atom stereocenters. The highest BCUT2D eigenvalue weighted by molar-refractivity contribution is 5.44. The third-order valence-corrected chi connectivity index (χ3v) is 7.09. The number of rotatable bonds is 8. The molecule has 1 aromatic heterocycles. The number of likely N-dealkylation sites (tertiary alicyclic amines) is 2. The van der Waals surface area contributed by atoms with Gasteiger partial charge in [-0.15, -0.1) is 0 Å². The summed E-state index contributed by atoms with van der Waals surface area (Å²) < 4.78 is 18.7. The Morgan fingerprint density at radius 1 is 1.05 bits per heavy atom. The van der Waals surface area contributed by atoms with Crippen molar-refractivity contribution in [1.82, 2.24) is 19.8 Å². The first-order valence-corrected chi connectivity index (χ1v) is 12.5. The lowest BCUT2D eigenvalue weighted by atomic mass is 9.91. The van der Waals surface area contributed by atoms with Crippen molar-refractivity contribution in [2.75, 3.05) is 39.8 Å². The van der Waals surface area contributed by atoms with Gasteiger partial charge in [0.1, 0.15) is 6.17 Å². The summed E-state index contributed by atoms with van der Waals surface area (Å²) in [7, 11) is 1.76. The number of nitrogens with zero attached hydrogens (tertiary/aromatic N) is 3. The number of methoxy groups -OCH3 is 1. The van der Waals surface area contributed by atoms with Crippen LogP contribution in [0, 0.1) is 11.8 Å². The molecule has 2 aliphatic rings. The number of nitrogens with one attached hydrogen (secondary N) is 1. The Bertz CT molecular complexity index is 1320. The fraction of sp³-hybridized carbons (Fsp3) is 0.379. The predicted molar refractivity (Wildman–Crippen MR) is 139 cm³/mol. The normalized spacial score (nSPS) is 17.5. The number of aromatic hydroxyl groups is 1. The van der Waals surface area contributed by atoms with Crippen LogP contribution < -0.4 is 5.56 Å². The molecule has 5 rings (SSSR count). The number of hydrogen-bond donors (Lipinski definition) is 2. The Labute approximate surface area is 215 Å². The molecule has 3 aromatic rings. The smallest absolute Gasteiger partial charge is 0.293 e. The van der Waals surface area contributed by atoms with E-state index in [9.17, 15) is 14.3 Å². The van der Waals surface area contributed by atoms with Gasteiger partial charge in [-0.1, -0.05) is 36.1 Å². The van der Waals surface area contributed by atoms with Gasteiger partial charge in [-0.05, 0) is 35.4 Å². The van der Waals surface area contributed by atoms with Crippen molar-refractivity contribution in [2.45, 2.75) is 31.2 Å². The number of alkyl halides is 1. The van der Waals surface area contributed by atoms with Gasteiger partial charge in [-0.25, -0.2) is 9.37 Å². The largest absolute Gasteiger partial charge is 0.502 e. The molecule has 2 N–H and O–H groups in total. The molecular formula is C29H31FN4O3. The summed E-state index contributed by atoms with van der Waals surface area (Å²) in [5.74, 6) is 6.04. The molecule has 0 radical (unpaired) electrons. The highest BCUT2D eigenvalue weighted by Gasteiger charge is 2.29.